The van der Waals surface area contributed by atoms with Gasteiger partial charge in [-0.05, 0) is 26.0 Å². The van der Waals surface area contributed by atoms with Gasteiger partial charge in [0.15, 0.2) is 5.13 Å². The fourth-order valence-corrected chi connectivity index (χ4v) is 4.97. The number of nitrogens with zero attached hydrogens (tertiary/aromatic N) is 6. The number of morpholine rings is 1. The number of fused-ring (bicyclic) bond motifs is 1. The highest BCUT2D eigenvalue weighted by atomic mass is 32.1. The molecular weight excluding hydrogens is 492 g/mol. The van der Waals surface area contributed by atoms with Crippen molar-refractivity contribution in [2.24, 2.45) is 0 Å². The number of amides is 2. The van der Waals surface area contributed by atoms with E-state index in [-0.39, 0.29) is 30.9 Å². The van der Waals surface area contributed by atoms with Gasteiger partial charge in [-0.2, -0.15) is 0 Å². The first-order chi connectivity index (χ1) is 17.9. The van der Waals surface area contributed by atoms with Crippen molar-refractivity contribution < 1.29 is 14.3 Å². The van der Waals surface area contributed by atoms with Crippen LogP contribution in [0, 0.1) is 13.8 Å². The number of benzene rings is 1. The molecule has 3 aromatic heterocycles. The summed E-state index contributed by atoms with van der Waals surface area (Å²) in [7, 11) is 1.59. The zero-order chi connectivity index (χ0) is 25.9. The number of para-hydroxylation sites is 2. The molecule has 0 bridgehead atoms. The Morgan fingerprint density at radius 1 is 1.19 bits per heavy atom. The first-order valence-electron chi connectivity index (χ1n) is 12.0. The van der Waals surface area contributed by atoms with Crippen molar-refractivity contribution in [2.45, 2.75) is 32.9 Å². The molecule has 192 valence electrons. The maximum Gasteiger partial charge on any atom is 0.242 e. The molecule has 4 heterocycles. The minimum atomic E-state index is -0.386. The van der Waals surface area contributed by atoms with Crippen LogP contribution in [0.3, 0.4) is 0 Å². The molecule has 0 aliphatic carbocycles. The number of hydrogen-bond acceptors (Lipinski definition) is 9. The molecule has 2 amide bonds. The van der Waals surface area contributed by atoms with Crippen molar-refractivity contribution in [3.63, 3.8) is 0 Å². The molecule has 4 aromatic rings. The lowest BCUT2D eigenvalue weighted by atomic mass is 10.2. The molecule has 37 heavy (non-hydrogen) atoms. The summed E-state index contributed by atoms with van der Waals surface area (Å²) in [4.78, 5) is 46.4. The number of carbonyl (C=O) groups is 2. The van der Waals surface area contributed by atoms with Gasteiger partial charge in [-0.3, -0.25) is 9.59 Å². The number of carbonyl (C=O) groups excluding carboxylic acids is 2. The number of likely N-dealkylation sites (N-methyl/N-ethyl adjacent to an activating group) is 1. The fraction of sp³-hybridized carbons (Fsp3) is 0.360. The number of aromatic nitrogens is 5. The van der Waals surface area contributed by atoms with Gasteiger partial charge in [-0.1, -0.05) is 12.1 Å². The Labute approximate surface area is 217 Å². The normalized spacial score (nSPS) is 15.6. The molecule has 1 unspecified atom stereocenters. The lowest BCUT2D eigenvalue weighted by molar-refractivity contribution is -0.139. The Balaban J connectivity index is 1.34. The van der Waals surface area contributed by atoms with Gasteiger partial charge in [0.1, 0.15) is 30.1 Å². The van der Waals surface area contributed by atoms with E-state index in [9.17, 15) is 9.59 Å². The van der Waals surface area contributed by atoms with Crippen LogP contribution < -0.4 is 10.6 Å². The molecule has 2 N–H and O–H groups in total. The monoisotopic (exact) mass is 520 g/mol. The summed E-state index contributed by atoms with van der Waals surface area (Å²) < 4.78 is 7.83. The lowest BCUT2D eigenvalue weighted by Crippen LogP contribution is -2.44. The maximum atomic E-state index is 13.4. The van der Waals surface area contributed by atoms with Gasteiger partial charge in [-0.15, -0.1) is 11.3 Å². The quantitative estimate of drug-likeness (QED) is 0.381. The Morgan fingerprint density at radius 2 is 2.03 bits per heavy atom. The van der Waals surface area contributed by atoms with Crippen LogP contribution in [0.15, 0.2) is 36.5 Å². The Morgan fingerprint density at radius 3 is 2.81 bits per heavy atom. The molecule has 0 radical (unpaired) electrons. The molecule has 0 saturated carbocycles. The Hall–Kier alpha value is -3.90. The molecule has 1 saturated heterocycles. The summed E-state index contributed by atoms with van der Waals surface area (Å²) in [6.45, 7) is 5.13. The largest absolute Gasteiger partial charge is 0.368 e. The zero-order valence-corrected chi connectivity index (χ0v) is 21.7. The fourth-order valence-electron chi connectivity index (χ4n) is 4.30. The van der Waals surface area contributed by atoms with E-state index in [2.05, 4.69) is 30.6 Å². The Bertz CT molecular complexity index is 1450. The smallest absolute Gasteiger partial charge is 0.242 e. The molecule has 1 fully saturated rings. The number of aryl methyl sites for hydroxylation is 2. The highest BCUT2D eigenvalue weighted by Gasteiger charge is 2.28. The predicted octanol–water partition coefficient (Wildman–Crippen LogP) is 2.53. The number of imidazole rings is 1. The number of anilines is 2. The van der Waals surface area contributed by atoms with Gasteiger partial charge in [-0.25, -0.2) is 19.9 Å². The molecule has 1 aromatic carbocycles. The van der Waals surface area contributed by atoms with Crippen LogP contribution in [0.4, 0.5) is 10.9 Å². The molecular formula is C25H28N8O3S. The average molecular weight is 521 g/mol. The minimum absolute atomic E-state index is 0.0722. The number of ether oxygens (including phenoxy) is 1. The van der Waals surface area contributed by atoms with E-state index < -0.39 is 0 Å². The standard InChI is InChI=1S/C25H28N8O3S/c1-15-12-27-25(37-15)31-21-10-18(28-16(2)29-21)20-13-32(8-9-36-20)24(35)14-33-19-7-5-4-6-17(19)30-22(33)11-23(34)26-3/h4-7,10,12,20H,8-9,11,13-14H2,1-3H3,(H,26,34)(H,27,28,29,31). The van der Waals surface area contributed by atoms with E-state index in [1.165, 1.54) is 0 Å². The summed E-state index contributed by atoms with van der Waals surface area (Å²) in [5.41, 5.74) is 2.27. The third kappa shape index (κ3) is 5.59. The van der Waals surface area contributed by atoms with E-state index in [1.54, 1.807) is 29.5 Å². The highest BCUT2D eigenvalue weighted by molar-refractivity contribution is 7.15. The summed E-state index contributed by atoms with van der Waals surface area (Å²) in [5, 5.41) is 6.61. The second-order valence-electron chi connectivity index (χ2n) is 8.78. The number of thiazole rings is 1. The van der Waals surface area contributed by atoms with Crippen LogP contribution in [-0.2, 0) is 27.3 Å². The van der Waals surface area contributed by atoms with Gasteiger partial charge in [0.2, 0.25) is 11.8 Å². The Kier molecular flexibility index (Phi) is 7.10. The summed E-state index contributed by atoms with van der Waals surface area (Å²) >= 11 is 1.54. The van der Waals surface area contributed by atoms with Crippen LogP contribution in [0.25, 0.3) is 11.0 Å². The minimum Gasteiger partial charge on any atom is -0.368 e. The summed E-state index contributed by atoms with van der Waals surface area (Å²) in [5.74, 6) is 1.55. The van der Waals surface area contributed by atoms with E-state index in [0.717, 1.165) is 21.0 Å². The van der Waals surface area contributed by atoms with Crippen molar-refractivity contribution in [1.29, 1.82) is 0 Å². The third-order valence-electron chi connectivity index (χ3n) is 6.09. The van der Waals surface area contributed by atoms with Crippen LogP contribution in [0.5, 0.6) is 0 Å². The van der Waals surface area contributed by atoms with Crippen molar-refractivity contribution >= 4 is 45.1 Å². The molecule has 1 atom stereocenters. The van der Waals surface area contributed by atoms with Gasteiger partial charge >= 0.3 is 0 Å². The summed E-state index contributed by atoms with van der Waals surface area (Å²) in [6, 6.07) is 9.42. The molecule has 5 rings (SSSR count). The van der Waals surface area contributed by atoms with Crippen molar-refractivity contribution in [3.05, 3.63) is 58.7 Å². The first kappa shape index (κ1) is 24.8. The number of nitrogens with one attached hydrogen (secondary N) is 2. The van der Waals surface area contributed by atoms with E-state index in [1.807, 2.05) is 48.7 Å². The predicted molar refractivity (Wildman–Crippen MR) is 140 cm³/mol. The van der Waals surface area contributed by atoms with Crippen LogP contribution in [0.1, 0.15) is 28.3 Å². The van der Waals surface area contributed by atoms with Crippen LogP contribution >= 0.6 is 11.3 Å². The van der Waals surface area contributed by atoms with E-state index in [4.69, 9.17) is 4.74 Å². The number of rotatable bonds is 7. The van der Waals surface area contributed by atoms with Gasteiger partial charge in [0.25, 0.3) is 0 Å². The van der Waals surface area contributed by atoms with E-state index >= 15 is 0 Å². The molecule has 1 aliphatic heterocycles. The second-order valence-corrected chi connectivity index (χ2v) is 10.0. The first-order valence-corrected chi connectivity index (χ1v) is 12.8. The van der Waals surface area contributed by atoms with Crippen molar-refractivity contribution in [2.75, 3.05) is 32.1 Å². The van der Waals surface area contributed by atoms with Crippen LogP contribution in [0.2, 0.25) is 0 Å². The molecule has 1 aliphatic rings. The van der Waals surface area contributed by atoms with Gasteiger partial charge < -0.3 is 24.8 Å². The number of hydrogen-bond donors (Lipinski definition) is 2. The van der Waals surface area contributed by atoms with Crippen molar-refractivity contribution in [3.8, 4) is 0 Å². The summed E-state index contributed by atoms with van der Waals surface area (Å²) in [6.07, 6.45) is 1.51. The van der Waals surface area contributed by atoms with Crippen LogP contribution in [-0.4, -0.2) is 68.0 Å². The molecule has 11 nitrogen and oxygen atoms in total. The SMILES string of the molecule is CNC(=O)Cc1nc2ccccc2n1CC(=O)N1CCOC(c2cc(Nc3ncc(C)s3)nc(C)n2)C1. The second kappa shape index (κ2) is 10.6. The van der Waals surface area contributed by atoms with E-state index in [0.29, 0.717) is 42.9 Å². The molecule has 12 heteroatoms. The molecule has 0 spiro atoms. The van der Waals surface area contributed by atoms with Gasteiger partial charge in [0.05, 0.1) is 36.3 Å². The topological polar surface area (TPSA) is 127 Å². The van der Waals surface area contributed by atoms with Crippen molar-refractivity contribution in [1.82, 2.24) is 34.7 Å². The highest BCUT2D eigenvalue weighted by Crippen LogP contribution is 2.26. The maximum absolute atomic E-state index is 13.4. The average Bonchev–Trinajstić information content (AvgIpc) is 3.46. The lowest BCUT2D eigenvalue weighted by Gasteiger charge is -2.33. The third-order valence-corrected chi connectivity index (χ3v) is 6.92. The zero-order valence-electron chi connectivity index (χ0n) is 20.9. The van der Waals surface area contributed by atoms with Gasteiger partial charge in [0, 0.05) is 30.7 Å².